The average Bonchev–Trinajstić information content (AvgIpc) is 3.60. The van der Waals surface area contributed by atoms with E-state index in [-0.39, 0.29) is 39.8 Å². The lowest BCUT2D eigenvalue weighted by Gasteiger charge is -2.30. The molecule has 6 rings (SSSR count). The van der Waals surface area contributed by atoms with Gasteiger partial charge in [0.2, 0.25) is 11.8 Å². The minimum Gasteiger partial charge on any atom is -0.440 e. The third kappa shape index (κ3) is 5.70. The largest absolute Gasteiger partial charge is 0.440 e. The van der Waals surface area contributed by atoms with Gasteiger partial charge in [0.15, 0.2) is 9.84 Å². The second kappa shape index (κ2) is 10.8. The summed E-state index contributed by atoms with van der Waals surface area (Å²) in [4.78, 5) is 20.2. The van der Waals surface area contributed by atoms with Gasteiger partial charge in [-0.15, -0.1) is 0 Å². The molecule has 8 nitrogen and oxygen atoms in total. The molecule has 11 heteroatoms. The van der Waals surface area contributed by atoms with Crippen molar-refractivity contribution in [2.75, 3.05) is 29.5 Å². The molecule has 2 unspecified atom stereocenters. The van der Waals surface area contributed by atoms with E-state index in [1.165, 1.54) is 12.1 Å². The van der Waals surface area contributed by atoms with Gasteiger partial charge in [0.05, 0.1) is 23.1 Å². The summed E-state index contributed by atoms with van der Waals surface area (Å²) >= 11 is 5.98. The molecule has 41 heavy (non-hydrogen) atoms. The molecule has 2 atom stereocenters. The van der Waals surface area contributed by atoms with Crippen LogP contribution in [0.1, 0.15) is 50.2 Å². The van der Waals surface area contributed by atoms with Gasteiger partial charge < -0.3 is 14.6 Å². The second-order valence-electron chi connectivity index (χ2n) is 11.2. The lowest BCUT2D eigenvalue weighted by atomic mass is 9.76. The first-order valence-electron chi connectivity index (χ1n) is 13.9. The number of sulfone groups is 1. The summed E-state index contributed by atoms with van der Waals surface area (Å²) in [7, 11) is -3.00. The Morgan fingerprint density at radius 1 is 1.12 bits per heavy atom. The van der Waals surface area contributed by atoms with E-state index in [0.29, 0.717) is 50.2 Å². The maximum atomic E-state index is 14.9. The number of nitriles is 1. The topological polar surface area (TPSA) is 116 Å². The Morgan fingerprint density at radius 2 is 1.83 bits per heavy atom. The van der Waals surface area contributed by atoms with Crippen molar-refractivity contribution in [3.8, 4) is 28.8 Å². The monoisotopic (exact) mass is 596 g/mol. The minimum absolute atomic E-state index is 0.106. The summed E-state index contributed by atoms with van der Waals surface area (Å²) < 4.78 is 45.0. The smallest absolute Gasteiger partial charge is 0.229 e. The van der Waals surface area contributed by atoms with E-state index in [2.05, 4.69) is 11.4 Å². The Balaban J connectivity index is 1.37. The Kier molecular flexibility index (Phi) is 7.28. The number of carbonyl (C=O) groups excluding carboxylic acids is 1. The maximum Gasteiger partial charge on any atom is 0.229 e. The zero-order valence-electron chi connectivity index (χ0n) is 22.4. The predicted molar refractivity (Wildman–Crippen MR) is 154 cm³/mol. The van der Waals surface area contributed by atoms with Crippen LogP contribution in [0.3, 0.4) is 0 Å². The highest BCUT2D eigenvalue weighted by Gasteiger charge is 2.47. The average molecular weight is 597 g/mol. The highest BCUT2D eigenvalue weighted by Crippen LogP contribution is 2.45. The number of aromatic nitrogens is 1. The van der Waals surface area contributed by atoms with Crippen molar-refractivity contribution >= 4 is 33.0 Å². The summed E-state index contributed by atoms with van der Waals surface area (Å²) in [6.45, 7) is 0.861. The van der Waals surface area contributed by atoms with E-state index in [0.717, 1.165) is 24.1 Å². The molecule has 1 saturated heterocycles. The van der Waals surface area contributed by atoms with Crippen molar-refractivity contribution in [2.24, 2.45) is 5.92 Å². The molecule has 214 valence electrons. The molecule has 3 aliphatic rings. The van der Waals surface area contributed by atoms with Crippen LogP contribution in [0.4, 0.5) is 10.1 Å². The number of hydrogen-bond donors (Lipinski definition) is 1. The number of nitrogens with one attached hydrogen (secondary N) is 1. The third-order valence-corrected chi connectivity index (χ3v) is 10.3. The molecule has 0 spiro atoms. The molecule has 0 bridgehead atoms. The van der Waals surface area contributed by atoms with E-state index >= 15 is 0 Å². The van der Waals surface area contributed by atoms with Crippen LogP contribution in [-0.4, -0.2) is 49.4 Å². The van der Waals surface area contributed by atoms with Gasteiger partial charge in [-0.05, 0) is 56.0 Å². The van der Waals surface area contributed by atoms with Crippen molar-refractivity contribution in [2.45, 2.75) is 50.0 Å². The van der Waals surface area contributed by atoms with Crippen LogP contribution >= 0.6 is 11.6 Å². The molecule has 2 saturated carbocycles. The highest BCUT2D eigenvalue weighted by atomic mass is 35.5. The molecular weight excluding hydrogens is 567 g/mol. The molecule has 1 aliphatic heterocycles. The Hall–Kier alpha value is -3.42. The van der Waals surface area contributed by atoms with Crippen molar-refractivity contribution < 1.29 is 22.0 Å². The minimum atomic E-state index is -3.00. The number of nitrogens with zero attached hydrogens (tertiary/aromatic N) is 3. The quantitative estimate of drug-likeness (QED) is 0.400. The zero-order valence-corrected chi connectivity index (χ0v) is 24.0. The van der Waals surface area contributed by atoms with Gasteiger partial charge in [-0.25, -0.2) is 17.8 Å². The van der Waals surface area contributed by atoms with Crippen LogP contribution in [0.15, 0.2) is 46.9 Å². The first-order valence-corrected chi connectivity index (χ1v) is 16.1. The van der Waals surface area contributed by atoms with Gasteiger partial charge >= 0.3 is 0 Å². The van der Waals surface area contributed by atoms with Crippen LogP contribution in [-0.2, 0) is 14.6 Å². The normalized spacial score (nSPS) is 23.0. The standard InChI is InChI=1S/C30H30ClFN4O4S/c31-20-7-10-24(25(32)17-20)29-34-26(19-5-8-21(9-6-19)36-13-15-41(38,39)16-14-36)27(40-29)22-3-1-2-4-23(22)28(37)35-30(18-33)11-12-30/h5-10,17,22-23H,1-4,11-16H2,(H,35,37). The number of hydrogen-bond acceptors (Lipinski definition) is 7. The van der Waals surface area contributed by atoms with E-state index in [4.69, 9.17) is 21.0 Å². The van der Waals surface area contributed by atoms with Crippen molar-refractivity contribution in [3.05, 3.63) is 59.1 Å². The van der Waals surface area contributed by atoms with Crippen LogP contribution in [0.25, 0.3) is 22.7 Å². The number of halogens is 2. The van der Waals surface area contributed by atoms with Gasteiger partial charge in [-0.2, -0.15) is 5.26 Å². The number of rotatable bonds is 6. The molecule has 2 aliphatic carbocycles. The lowest BCUT2D eigenvalue weighted by molar-refractivity contribution is -0.127. The third-order valence-electron chi connectivity index (χ3n) is 8.43. The summed E-state index contributed by atoms with van der Waals surface area (Å²) in [5.41, 5.74) is 1.58. The van der Waals surface area contributed by atoms with Crippen LogP contribution in [0, 0.1) is 23.1 Å². The highest BCUT2D eigenvalue weighted by molar-refractivity contribution is 7.91. The molecule has 2 aromatic carbocycles. The maximum absolute atomic E-state index is 14.9. The fourth-order valence-electron chi connectivity index (χ4n) is 5.85. The summed E-state index contributed by atoms with van der Waals surface area (Å²) in [6.07, 6.45) is 4.43. The van der Waals surface area contributed by atoms with Crippen LogP contribution < -0.4 is 10.2 Å². The van der Waals surface area contributed by atoms with Crippen molar-refractivity contribution in [1.82, 2.24) is 10.3 Å². The number of oxazole rings is 1. The predicted octanol–water partition coefficient (Wildman–Crippen LogP) is 5.48. The second-order valence-corrected chi connectivity index (χ2v) is 14.0. The Morgan fingerprint density at radius 3 is 2.49 bits per heavy atom. The van der Waals surface area contributed by atoms with Crippen LogP contribution in [0.5, 0.6) is 0 Å². The number of carbonyl (C=O) groups is 1. The first-order chi connectivity index (χ1) is 19.7. The molecule has 1 N–H and O–H groups in total. The molecule has 1 aromatic heterocycles. The van der Waals surface area contributed by atoms with E-state index < -0.39 is 27.1 Å². The number of anilines is 1. The van der Waals surface area contributed by atoms with Gasteiger partial charge in [-0.3, -0.25) is 4.79 Å². The molecule has 0 radical (unpaired) electrons. The Bertz CT molecular complexity index is 1610. The fourth-order valence-corrected chi connectivity index (χ4v) is 7.21. The first kappa shape index (κ1) is 27.7. The van der Waals surface area contributed by atoms with E-state index in [9.17, 15) is 22.9 Å². The van der Waals surface area contributed by atoms with E-state index in [1.807, 2.05) is 29.2 Å². The molecule has 3 fully saturated rings. The fraction of sp³-hybridized carbons (Fsp3) is 0.433. The van der Waals surface area contributed by atoms with Gasteiger partial charge in [0.1, 0.15) is 22.8 Å². The van der Waals surface area contributed by atoms with Gasteiger partial charge in [0, 0.05) is 41.2 Å². The van der Waals surface area contributed by atoms with E-state index in [1.54, 1.807) is 6.07 Å². The SMILES string of the molecule is N#CC1(NC(=O)C2CCCCC2c2oc(-c3ccc(Cl)cc3F)nc2-c2ccc(N3CCS(=O)(=O)CC3)cc2)CC1. The molecule has 1 amide bonds. The summed E-state index contributed by atoms with van der Waals surface area (Å²) in [5.74, 6) is -0.550. The molecule has 2 heterocycles. The van der Waals surface area contributed by atoms with Crippen molar-refractivity contribution in [3.63, 3.8) is 0 Å². The van der Waals surface area contributed by atoms with Crippen LogP contribution in [0.2, 0.25) is 5.02 Å². The van der Waals surface area contributed by atoms with Gasteiger partial charge in [-0.1, -0.05) is 36.6 Å². The van der Waals surface area contributed by atoms with Gasteiger partial charge in [0.25, 0.3) is 0 Å². The van der Waals surface area contributed by atoms with Crippen molar-refractivity contribution in [1.29, 1.82) is 5.26 Å². The Labute approximate surface area is 243 Å². The molecule has 3 aromatic rings. The number of amides is 1. The number of benzene rings is 2. The molecular formula is C30H30ClFN4O4S. The lowest BCUT2D eigenvalue weighted by Crippen LogP contribution is -2.42. The zero-order chi connectivity index (χ0) is 28.8. The summed E-state index contributed by atoms with van der Waals surface area (Å²) in [5, 5.41) is 12.7. The summed E-state index contributed by atoms with van der Waals surface area (Å²) in [6, 6.07) is 14.2.